The number of nitrogens with one attached hydrogen (secondary N) is 2. The summed E-state index contributed by atoms with van der Waals surface area (Å²) in [5.41, 5.74) is 2.89. The predicted octanol–water partition coefficient (Wildman–Crippen LogP) is 3.84. The number of hydrogen-bond donors (Lipinski definition) is 2. The van der Waals surface area contributed by atoms with Crippen LogP contribution >= 0.6 is 11.6 Å². The van der Waals surface area contributed by atoms with E-state index in [-0.39, 0.29) is 5.91 Å². The Kier molecular flexibility index (Phi) is 5.72. The first kappa shape index (κ1) is 19.0. The van der Waals surface area contributed by atoms with Crippen molar-refractivity contribution in [2.24, 2.45) is 0 Å². The lowest BCUT2D eigenvalue weighted by Crippen LogP contribution is -2.29. The third-order valence-electron chi connectivity index (χ3n) is 4.53. The van der Waals surface area contributed by atoms with E-state index in [2.05, 4.69) is 20.6 Å². The van der Waals surface area contributed by atoms with Gasteiger partial charge in [0.2, 0.25) is 11.9 Å². The predicted molar refractivity (Wildman–Crippen MR) is 116 cm³/mol. The van der Waals surface area contributed by atoms with Crippen LogP contribution in [0.3, 0.4) is 0 Å². The third kappa shape index (κ3) is 4.55. The fourth-order valence-electron chi connectivity index (χ4n) is 3.18. The molecule has 2 heterocycles. The zero-order valence-corrected chi connectivity index (χ0v) is 16.4. The number of benzene rings is 2. The summed E-state index contributed by atoms with van der Waals surface area (Å²) in [6.45, 7) is 1.16. The van der Waals surface area contributed by atoms with Crippen molar-refractivity contribution in [1.29, 1.82) is 0 Å². The van der Waals surface area contributed by atoms with E-state index in [4.69, 9.17) is 11.6 Å². The Morgan fingerprint density at radius 3 is 2.52 bits per heavy atom. The number of hydrogen-bond acceptors (Lipinski definition) is 4. The number of para-hydroxylation sites is 1. The molecule has 2 aromatic carbocycles. The van der Waals surface area contributed by atoms with Crippen molar-refractivity contribution >= 4 is 34.1 Å². The van der Waals surface area contributed by atoms with Crippen molar-refractivity contribution < 1.29 is 4.79 Å². The molecule has 2 N–H and O–H groups in total. The Bertz CT molecular complexity index is 1110. The van der Waals surface area contributed by atoms with Crippen LogP contribution in [0.4, 0.5) is 5.69 Å². The quantitative estimate of drug-likeness (QED) is 0.458. The van der Waals surface area contributed by atoms with Crippen LogP contribution in [0.5, 0.6) is 0 Å². The minimum Gasteiger partial charge on any atom is -0.383 e. The topological polar surface area (TPSA) is 71.8 Å². The molecule has 146 valence electrons. The molecular formula is C22H20ClN5O. The number of aromatic nitrogens is 3. The second kappa shape index (κ2) is 8.75. The molecule has 0 saturated carbocycles. The van der Waals surface area contributed by atoms with Crippen LogP contribution in [0.1, 0.15) is 5.56 Å². The second-order valence-electron chi connectivity index (χ2n) is 6.55. The highest BCUT2D eigenvalue weighted by atomic mass is 35.5. The average molecular weight is 406 g/mol. The smallest absolute Gasteiger partial charge is 0.234 e. The average Bonchev–Trinajstić information content (AvgIpc) is 3.12. The minimum absolute atomic E-state index is 0.0280. The number of fused-ring (bicyclic) bond motifs is 1. The van der Waals surface area contributed by atoms with Gasteiger partial charge in [-0.25, -0.2) is 9.97 Å². The van der Waals surface area contributed by atoms with E-state index in [1.807, 2.05) is 59.3 Å². The number of amides is 1. The molecule has 0 unspecified atom stereocenters. The van der Waals surface area contributed by atoms with Gasteiger partial charge in [0.05, 0.1) is 11.9 Å². The Labute approximate surface area is 173 Å². The highest BCUT2D eigenvalue weighted by molar-refractivity contribution is 6.30. The molecule has 0 aliphatic rings. The van der Waals surface area contributed by atoms with Gasteiger partial charge in [0, 0.05) is 47.8 Å². The first-order valence-corrected chi connectivity index (χ1v) is 9.71. The molecule has 0 aliphatic carbocycles. The Morgan fingerprint density at radius 1 is 0.966 bits per heavy atom. The second-order valence-corrected chi connectivity index (χ2v) is 6.99. The lowest BCUT2D eigenvalue weighted by molar-refractivity contribution is -0.120. The van der Waals surface area contributed by atoms with E-state index in [9.17, 15) is 4.79 Å². The van der Waals surface area contributed by atoms with Gasteiger partial charge in [-0.05, 0) is 42.0 Å². The summed E-state index contributed by atoms with van der Waals surface area (Å²) in [4.78, 5) is 21.1. The number of nitrogens with zero attached hydrogens (tertiary/aromatic N) is 3. The summed E-state index contributed by atoms with van der Waals surface area (Å²) >= 11 is 5.88. The van der Waals surface area contributed by atoms with Crippen molar-refractivity contribution in [3.05, 3.63) is 83.8 Å². The molecule has 0 aliphatic heterocycles. The molecule has 1 amide bonds. The summed E-state index contributed by atoms with van der Waals surface area (Å²) in [6.07, 6.45) is 5.64. The molecule has 6 nitrogen and oxygen atoms in total. The van der Waals surface area contributed by atoms with E-state index in [1.54, 1.807) is 18.5 Å². The zero-order chi connectivity index (χ0) is 20.1. The molecule has 0 atom stereocenters. The third-order valence-corrected chi connectivity index (χ3v) is 4.79. The van der Waals surface area contributed by atoms with Crippen LogP contribution < -0.4 is 10.6 Å². The van der Waals surface area contributed by atoms with Gasteiger partial charge >= 0.3 is 0 Å². The Hall–Kier alpha value is -3.38. The van der Waals surface area contributed by atoms with Gasteiger partial charge in [0.25, 0.3) is 0 Å². The molecule has 0 saturated heterocycles. The summed E-state index contributed by atoms with van der Waals surface area (Å²) < 4.78 is 1.92. The lowest BCUT2D eigenvalue weighted by atomic mass is 10.1. The Morgan fingerprint density at radius 2 is 1.72 bits per heavy atom. The van der Waals surface area contributed by atoms with Crippen LogP contribution in [0, 0.1) is 0 Å². The van der Waals surface area contributed by atoms with Crippen molar-refractivity contribution in [3.8, 4) is 5.95 Å². The SMILES string of the molecule is O=C(Cc1cn(-c2ncccn2)c2ccccc12)NCCNc1ccc(Cl)cc1. The molecule has 0 radical (unpaired) electrons. The van der Waals surface area contributed by atoms with E-state index >= 15 is 0 Å². The van der Waals surface area contributed by atoms with Crippen LogP contribution in [-0.4, -0.2) is 33.5 Å². The first-order valence-electron chi connectivity index (χ1n) is 9.33. The van der Waals surface area contributed by atoms with E-state index in [1.165, 1.54) is 0 Å². The summed E-state index contributed by atoms with van der Waals surface area (Å²) in [6, 6.07) is 17.2. The maximum Gasteiger partial charge on any atom is 0.234 e. The van der Waals surface area contributed by atoms with Gasteiger partial charge in [0.1, 0.15) is 0 Å². The molecule has 2 aromatic heterocycles. The van der Waals surface area contributed by atoms with Gasteiger partial charge in [-0.1, -0.05) is 29.8 Å². The van der Waals surface area contributed by atoms with Crippen LogP contribution in [0.25, 0.3) is 16.9 Å². The fraction of sp³-hybridized carbons (Fsp3) is 0.136. The molecule has 4 aromatic rings. The standard InChI is InChI=1S/C22H20ClN5O/c23-17-6-8-18(9-7-17)24-12-13-25-21(29)14-16-15-28(22-26-10-3-11-27-22)20-5-2-1-4-19(16)20/h1-11,15,24H,12-14H2,(H,25,29). The fourth-order valence-corrected chi connectivity index (χ4v) is 3.31. The van der Waals surface area contributed by atoms with E-state index < -0.39 is 0 Å². The van der Waals surface area contributed by atoms with Crippen molar-refractivity contribution in [3.63, 3.8) is 0 Å². The van der Waals surface area contributed by atoms with Gasteiger partial charge in [-0.15, -0.1) is 0 Å². The number of rotatable bonds is 7. The lowest BCUT2D eigenvalue weighted by Gasteiger charge is -2.08. The zero-order valence-electron chi connectivity index (χ0n) is 15.7. The van der Waals surface area contributed by atoms with Gasteiger partial charge in [-0.2, -0.15) is 0 Å². The van der Waals surface area contributed by atoms with Gasteiger partial charge < -0.3 is 10.6 Å². The monoisotopic (exact) mass is 405 g/mol. The van der Waals surface area contributed by atoms with Crippen molar-refractivity contribution in [2.45, 2.75) is 6.42 Å². The number of carbonyl (C=O) groups is 1. The summed E-state index contributed by atoms with van der Waals surface area (Å²) in [7, 11) is 0. The summed E-state index contributed by atoms with van der Waals surface area (Å²) in [5, 5.41) is 7.93. The molecule has 7 heteroatoms. The Balaban J connectivity index is 1.40. The maximum absolute atomic E-state index is 12.5. The molecule has 0 spiro atoms. The number of halogens is 1. The largest absolute Gasteiger partial charge is 0.383 e. The molecular weight excluding hydrogens is 386 g/mol. The molecule has 0 fully saturated rings. The van der Waals surface area contributed by atoms with Crippen LogP contribution in [0.15, 0.2) is 73.2 Å². The first-order chi connectivity index (χ1) is 14.2. The molecule has 4 rings (SSSR count). The highest BCUT2D eigenvalue weighted by Gasteiger charge is 2.13. The van der Waals surface area contributed by atoms with Crippen LogP contribution in [-0.2, 0) is 11.2 Å². The molecule has 29 heavy (non-hydrogen) atoms. The normalized spacial score (nSPS) is 10.8. The minimum atomic E-state index is -0.0280. The van der Waals surface area contributed by atoms with Gasteiger partial charge in [-0.3, -0.25) is 9.36 Å². The van der Waals surface area contributed by atoms with Crippen molar-refractivity contribution in [1.82, 2.24) is 19.9 Å². The van der Waals surface area contributed by atoms with E-state index in [0.717, 1.165) is 22.2 Å². The highest BCUT2D eigenvalue weighted by Crippen LogP contribution is 2.23. The van der Waals surface area contributed by atoms with Gasteiger partial charge in [0.15, 0.2) is 0 Å². The van der Waals surface area contributed by atoms with Crippen LogP contribution in [0.2, 0.25) is 5.02 Å². The molecule has 0 bridgehead atoms. The summed E-state index contributed by atoms with van der Waals surface area (Å²) in [5.74, 6) is 0.558. The van der Waals surface area contributed by atoms with Crippen molar-refractivity contribution in [2.75, 3.05) is 18.4 Å². The number of carbonyl (C=O) groups excluding carboxylic acids is 1. The maximum atomic E-state index is 12.5. The number of anilines is 1. The van der Waals surface area contributed by atoms with E-state index in [0.29, 0.717) is 30.5 Å².